The van der Waals surface area contributed by atoms with E-state index < -0.39 is 0 Å². The van der Waals surface area contributed by atoms with E-state index >= 15 is 0 Å². The number of hydrogen-bond donors (Lipinski definition) is 1. The molecule has 0 fully saturated rings. The summed E-state index contributed by atoms with van der Waals surface area (Å²) in [6.07, 6.45) is 7.09. The van der Waals surface area contributed by atoms with Crippen LogP contribution >= 0.6 is 11.6 Å². The third-order valence-electron chi connectivity index (χ3n) is 4.46. The van der Waals surface area contributed by atoms with Crippen LogP contribution in [0.15, 0.2) is 79.5 Å². The van der Waals surface area contributed by atoms with Gasteiger partial charge in [-0.3, -0.25) is 4.79 Å². The van der Waals surface area contributed by atoms with Crippen LogP contribution in [0.3, 0.4) is 0 Å². The fourth-order valence-corrected chi connectivity index (χ4v) is 3.14. The van der Waals surface area contributed by atoms with E-state index in [2.05, 4.69) is 15.4 Å². The third-order valence-corrected chi connectivity index (χ3v) is 4.78. The van der Waals surface area contributed by atoms with Gasteiger partial charge in [0.2, 0.25) is 0 Å². The number of rotatable bonds is 5. The van der Waals surface area contributed by atoms with Crippen LogP contribution in [0.25, 0.3) is 11.4 Å². The summed E-state index contributed by atoms with van der Waals surface area (Å²) in [5.74, 6) is -0.239. The van der Waals surface area contributed by atoms with E-state index in [1.807, 2.05) is 60.2 Å². The molecule has 1 amide bonds. The fraction of sp³-hybridized carbons (Fsp3) is 0.0952. The van der Waals surface area contributed by atoms with Gasteiger partial charge in [-0.1, -0.05) is 35.9 Å². The molecule has 28 heavy (non-hydrogen) atoms. The number of para-hydroxylation sites is 1. The summed E-state index contributed by atoms with van der Waals surface area (Å²) < 4.78 is 3.52. The summed E-state index contributed by atoms with van der Waals surface area (Å²) >= 11 is 6.19. The number of carbonyl (C=O) groups excluding carboxylic acids is 1. The van der Waals surface area contributed by atoms with Gasteiger partial charge in [-0.2, -0.15) is 5.10 Å². The number of carbonyl (C=O) groups is 1. The molecule has 2 aromatic carbocycles. The van der Waals surface area contributed by atoms with Gasteiger partial charge in [0.25, 0.3) is 5.91 Å². The Hall–Kier alpha value is -3.38. The molecule has 0 aliphatic heterocycles. The number of benzene rings is 2. The molecule has 7 heteroatoms. The Morgan fingerprint density at radius 1 is 1.07 bits per heavy atom. The number of nitrogens with one attached hydrogen (secondary N) is 1. The van der Waals surface area contributed by atoms with Gasteiger partial charge < -0.3 is 9.88 Å². The molecule has 1 N–H and O–H groups in total. The van der Waals surface area contributed by atoms with Crippen LogP contribution in [0.5, 0.6) is 0 Å². The number of imidazole rings is 1. The number of hydrogen-bond acceptors (Lipinski definition) is 3. The van der Waals surface area contributed by atoms with Crippen LogP contribution in [0.4, 0.5) is 0 Å². The van der Waals surface area contributed by atoms with Crippen molar-refractivity contribution in [2.75, 3.05) is 0 Å². The van der Waals surface area contributed by atoms with E-state index in [1.165, 1.54) is 0 Å². The maximum absolute atomic E-state index is 12.6. The lowest BCUT2D eigenvalue weighted by atomic mass is 10.1. The molecule has 140 valence electrons. The van der Waals surface area contributed by atoms with Gasteiger partial charge in [0.1, 0.15) is 0 Å². The van der Waals surface area contributed by atoms with Crippen molar-refractivity contribution in [3.63, 3.8) is 0 Å². The van der Waals surface area contributed by atoms with Crippen LogP contribution in [0.2, 0.25) is 5.02 Å². The van der Waals surface area contributed by atoms with Gasteiger partial charge >= 0.3 is 0 Å². The average Bonchev–Trinajstić information content (AvgIpc) is 3.41. The summed E-state index contributed by atoms with van der Waals surface area (Å²) in [5.41, 5.74) is 3.08. The Morgan fingerprint density at radius 2 is 1.86 bits per heavy atom. The second-order valence-electron chi connectivity index (χ2n) is 6.35. The summed E-state index contributed by atoms with van der Waals surface area (Å²) in [4.78, 5) is 16.6. The standard InChI is InChI=1S/C21H18ClN5O/c1-15(16-6-8-17(9-7-16)26-13-11-23-14-26)24-21(28)19-10-12-27(25-19)20-5-3-2-4-18(20)22/h2-15H,1H3,(H,24,28). The summed E-state index contributed by atoms with van der Waals surface area (Å²) in [7, 11) is 0. The average molecular weight is 392 g/mol. The maximum atomic E-state index is 12.6. The number of nitrogens with zero attached hydrogens (tertiary/aromatic N) is 4. The van der Waals surface area contributed by atoms with Crippen molar-refractivity contribution in [2.45, 2.75) is 13.0 Å². The predicted molar refractivity (Wildman–Crippen MR) is 108 cm³/mol. The normalized spacial score (nSPS) is 11.9. The Morgan fingerprint density at radius 3 is 2.57 bits per heavy atom. The van der Waals surface area contributed by atoms with E-state index in [1.54, 1.807) is 35.5 Å². The smallest absolute Gasteiger partial charge is 0.272 e. The topological polar surface area (TPSA) is 64.7 Å². The first-order chi connectivity index (χ1) is 13.6. The van der Waals surface area contributed by atoms with Crippen molar-refractivity contribution in [1.29, 1.82) is 0 Å². The molecule has 1 atom stereocenters. The third kappa shape index (κ3) is 3.68. The first kappa shape index (κ1) is 18.0. The molecule has 6 nitrogen and oxygen atoms in total. The van der Waals surface area contributed by atoms with Gasteiger partial charge in [-0.05, 0) is 42.8 Å². The number of aromatic nitrogens is 4. The molecule has 2 heterocycles. The van der Waals surface area contributed by atoms with Gasteiger partial charge in [0.15, 0.2) is 5.69 Å². The molecule has 0 saturated heterocycles. The zero-order valence-electron chi connectivity index (χ0n) is 15.2. The Balaban J connectivity index is 1.46. The highest BCUT2D eigenvalue weighted by atomic mass is 35.5. The predicted octanol–water partition coefficient (Wildman–Crippen LogP) is 4.20. The van der Waals surface area contributed by atoms with Gasteiger partial charge in [0, 0.05) is 24.3 Å². The van der Waals surface area contributed by atoms with Crippen LogP contribution in [0, 0.1) is 0 Å². The maximum Gasteiger partial charge on any atom is 0.272 e. The minimum Gasteiger partial charge on any atom is -0.344 e. The molecule has 1 unspecified atom stereocenters. The molecule has 4 rings (SSSR count). The summed E-state index contributed by atoms with van der Waals surface area (Å²) in [6.45, 7) is 1.94. The molecule has 2 aromatic heterocycles. The lowest BCUT2D eigenvalue weighted by Crippen LogP contribution is -2.27. The molecule has 0 spiro atoms. The quantitative estimate of drug-likeness (QED) is 0.554. The summed E-state index contributed by atoms with van der Waals surface area (Å²) in [5, 5.41) is 7.90. The Labute approximate surface area is 167 Å². The van der Waals surface area contributed by atoms with Crippen LogP contribution in [-0.2, 0) is 0 Å². The van der Waals surface area contributed by atoms with Crippen molar-refractivity contribution >= 4 is 17.5 Å². The molecule has 4 aromatic rings. The zero-order chi connectivity index (χ0) is 19.5. The van der Waals surface area contributed by atoms with E-state index in [-0.39, 0.29) is 11.9 Å². The van der Waals surface area contributed by atoms with Gasteiger partial charge in [0.05, 0.1) is 23.1 Å². The molecular formula is C21H18ClN5O. The molecule has 0 aliphatic carbocycles. The molecule has 0 aliphatic rings. The van der Waals surface area contributed by atoms with Crippen LogP contribution in [-0.4, -0.2) is 25.2 Å². The van der Waals surface area contributed by atoms with E-state index in [0.29, 0.717) is 10.7 Å². The number of halogens is 1. The fourth-order valence-electron chi connectivity index (χ4n) is 2.92. The van der Waals surface area contributed by atoms with Crippen molar-refractivity contribution in [2.24, 2.45) is 0 Å². The van der Waals surface area contributed by atoms with Crippen LogP contribution in [0.1, 0.15) is 29.0 Å². The zero-order valence-corrected chi connectivity index (χ0v) is 15.9. The van der Waals surface area contributed by atoms with Gasteiger partial charge in [-0.25, -0.2) is 9.67 Å². The largest absolute Gasteiger partial charge is 0.344 e. The molecule has 0 radical (unpaired) electrons. The van der Waals surface area contributed by atoms with E-state index in [9.17, 15) is 4.79 Å². The minimum absolute atomic E-state index is 0.158. The molecule has 0 saturated carbocycles. The first-order valence-electron chi connectivity index (χ1n) is 8.81. The molecule has 0 bridgehead atoms. The van der Waals surface area contributed by atoms with Crippen molar-refractivity contribution in [3.05, 3.63) is 95.8 Å². The monoisotopic (exact) mass is 391 g/mol. The van der Waals surface area contributed by atoms with Crippen molar-refractivity contribution in [1.82, 2.24) is 24.6 Å². The van der Waals surface area contributed by atoms with Crippen molar-refractivity contribution in [3.8, 4) is 11.4 Å². The molecular weight excluding hydrogens is 374 g/mol. The highest BCUT2D eigenvalue weighted by Gasteiger charge is 2.15. The highest BCUT2D eigenvalue weighted by molar-refractivity contribution is 6.32. The second kappa shape index (κ2) is 7.70. The lowest BCUT2D eigenvalue weighted by Gasteiger charge is -2.14. The van der Waals surface area contributed by atoms with E-state index in [0.717, 1.165) is 16.9 Å². The Kier molecular flexibility index (Phi) is 4.95. The van der Waals surface area contributed by atoms with Crippen LogP contribution < -0.4 is 5.32 Å². The highest BCUT2D eigenvalue weighted by Crippen LogP contribution is 2.20. The summed E-state index contributed by atoms with van der Waals surface area (Å²) in [6, 6.07) is 16.8. The Bertz CT molecular complexity index is 1090. The second-order valence-corrected chi connectivity index (χ2v) is 6.76. The van der Waals surface area contributed by atoms with E-state index in [4.69, 9.17) is 11.6 Å². The lowest BCUT2D eigenvalue weighted by molar-refractivity contribution is 0.0934. The van der Waals surface area contributed by atoms with Gasteiger partial charge in [-0.15, -0.1) is 0 Å². The SMILES string of the molecule is CC(NC(=O)c1ccn(-c2ccccc2Cl)n1)c1ccc(-n2ccnc2)cc1. The van der Waals surface area contributed by atoms with Crippen molar-refractivity contribution < 1.29 is 4.79 Å². The minimum atomic E-state index is -0.239. The number of amides is 1. The first-order valence-corrected chi connectivity index (χ1v) is 9.19.